The number of nitro groups is 1. The van der Waals surface area contributed by atoms with Crippen LogP contribution in [0.3, 0.4) is 0 Å². The summed E-state index contributed by atoms with van der Waals surface area (Å²) in [6.07, 6.45) is 0.379. The van der Waals surface area contributed by atoms with Crippen LogP contribution in [0.4, 0.5) is 5.69 Å². The predicted octanol–water partition coefficient (Wildman–Crippen LogP) is 2.55. The van der Waals surface area contributed by atoms with E-state index in [1.165, 1.54) is 12.1 Å². The number of nitro benzene ring substituents is 1. The van der Waals surface area contributed by atoms with E-state index in [4.69, 9.17) is 9.47 Å². The predicted molar refractivity (Wildman–Crippen MR) is 76.6 cm³/mol. The van der Waals surface area contributed by atoms with Crippen LogP contribution in [0.5, 0.6) is 17.2 Å². The highest BCUT2D eigenvalue weighted by atomic mass is 16.6. The second-order valence-electron chi connectivity index (χ2n) is 4.67. The number of carbonyl (C=O) groups excluding carboxylic acids is 1. The van der Waals surface area contributed by atoms with Gasteiger partial charge in [0.05, 0.1) is 10.5 Å². The number of phenolic OH excluding ortho intramolecular Hbond substituents is 1. The Balaban J connectivity index is 2.13. The molecule has 0 atom stereocenters. The largest absolute Gasteiger partial charge is 0.502 e. The van der Waals surface area contributed by atoms with Crippen molar-refractivity contribution in [1.29, 1.82) is 0 Å². The van der Waals surface area contributed by atoms with Crippen molar-refractivity contribution in [2.24, 2.45) is 0 Å². The van der Waals surface area contributed by atoms with Gasteiger partial charge in [0.2, 0.25) is 5.75 Å². The summed E-state index contributed by atoms with van der Waals surface area (Å²) in [4.78, 5) is 21.2. The number of hydrogen-bond acceptors (Lipinski definition) is 6. The minimum Gasteiger partial charge on any atom is -0.502 e. The van der Waals surface area contributed by atoms with Crippen molar-refractivity contribution in [2.45, 2.75) is 0 Å². The fourth-order valence-corrected chi connectivity index (χ4v) is 2.26. The monoisotopic (exact) mass is 301 g/mol. The first-order chi connectivity index (χ1) is 10.6. The molecule has 3 rings (SSSR count). The zero-order chi connectivity index (χ0) is 15.7. The van der Waals surface area contributed by atoms with Gasteiger partial charge in [0.15, 0.2) is 17.8 Å². The molecule has 7 heteroatoms. The summed E-state index contributed by atoms with van der Waals surface area (Å²) in [7, 11) is 0. The van der Waals surface area contributed by atoms with Gasteiger partial charge in [-0.15, -0.1) is 0 Å². The van der Waals surface area contributed by atoms with E-state index in [1.54, 1.807) is 18.2 Å². The lowest BCUT2D eigenvalue weighted by atomic mass is 10.0. The Morgan fingerprint density at radius 1 is 1.09 bits per heavy atom. The molecule has 1 N–H and O–H groups in total. The summed E-state index contributed by atoms with van der Waals surface area (Å²) >= 11 is 0. The van der Waals surface area contributed by atoms with Gasteiger partial charge in [-0.1, -0.05) is 6.07 Å². The highest BCUT2D eigenvalue weighted by Gasteiger charge is 2.20. The summed E-state index contributed by atoms with van der Waals surface area (Å²) in [5.74, 6) is 0.493. The van der Waals surface area contributed by atoms with Crippen molar-refractivity contribution >= 4 is 12.0 Å². The molecule has 22 heavy (non-hydrogen) atoms. The maximum Gasteiger partial charge on any atom is 0.312 e. The van der Waals surface area contributed by atoms with Crippen LogP contribution >= 0.6 is 0 Å². The summed E-state index contributed by atoms with van der Waals surface area (Å²) in [5, 5.41) is 20.7. The van der Waals surface area contributed by atoms with Gasteiger partial charge in [-0.2, -0.15) is 0 Å². The highest BCUT2D eigenvalue weighted by molar-refractivity contribution is 5.86. The molecule has 0 amide bonds. The molecule has 1 aliphatic heterocycles. The van der Waals surface area contributed by atoms with Crippen molar-refractivity contribution in [3.8, 4) is 28.4 Å². The fourth-order valence-electron chi connectivity index (χ4n) is 2.26. The zero-order valence-corrected chi connectivity index (χ0v) is 11.3. The molecule has 7 nitrogen and oxygen atoms in total. The number of benzene rings is 2. The standard InChI is InChI=1S/C15H11NO6/c17-8-11-5-10(6-12(15(11)18)16(19)20)9-1-2-13-14(7-9)22-4-3-21-13/h1-2,5-8,18H,3-4H2. The fraction of sp³-hybridized carbons (Fsp3) is 0.133. The lowest BCUT2D eigenvalue weighted by Gasteiger charge is -2.19. The number of rotatable bonds is 3. The van der Waals surface area contributed by atoms with Crippen LogP contribution in [0.15, 0.2) is 30.3 Å². The summed E-state index contributed by atoms with van der Waals surface area (Å²) < 4.78 is 10.9. The van der Waals surface area contributed by atoms with Crippen molar-refractivity contribution in [3.63, 3.8) is 0 Å². The number of hydrogen-bond donors (Lipinski definition) is 1. The third-order valence-corrected chi connectivity index (χ3v) is 3.32. The van der Waals surface area contributed by atoms with Crippen LogP contribution in [-0.2, 0) is 0 Å². The molecule has 0 unspecified atom stereocenters. The normalized spacial score (nSPS) is 12.7. The number of fused-ring (bicyclic) bond motifs is 1. The first-order valence-electron chi connectivity index (χ1n) is 6.47. The van der Waals surface area contributed by atoms with Crippen molar-refractivity contribution in [3.05, 3.63) is 46.0 Å². The molecule has 1 heterocycles. The molecule has 0 aromatic heterocycles. The van der Waals surface area contributed by atoms with Crippen molar-refractivity contribution in [2.75, 3.05) is 13.2 Å². The van der Waals surface area contributed by atoms with Crippen LogP contribution in [-0.4, -0.2) is 29.5 Å². The number of aromatic hydroxyl groups is 1. The molecule has 112 valence electrons. The summed E-state index contributed by atoms with van der Waals surface area (Å²) in [6.45, 7) is 0.887. The molecule has 0 fully saturated rings. The van der Waals surface area contributed by atoms with Gasteiger partial charge >= 0.3 is 5.69 Å². The Morgan fingerprint density at radius 2 is 1.82 bits per heavy atom. The number of nitrogens with zero attached hydrogens (tertiary/aromatic N) is 1. The highest BCUT2D eigenvalue weighted by Crippen LogP contribution is 2.38. The third kappa shape index (κ3) is 2.32. The van der Waals surface area contributed by atoms with E-state index < -0.39 is 16.4 Å². The topological polar surface area (TPSA) is 98.9 Å². The van der Waals surface area contributed by atoms with E-state index >= 15 is 0 Å². The van der Waals surface area contributed by atoms with Crippen LogP contribution in [0.25, 0.3) is 11.1 Å². The number of aldehydes is 1. The summed E-state index contributed by atoms with van der Waals surface area (Å²) in [5.41, 5.74) is 0.396. The van der Waals surface area contributed by atoms with Crippen molar-refractivity contribution in [1.82, 2.24) is 0 Å². The average Bonchev–Trinajstić information content (AvgIpc) is 2.54. The lowest BCUT2D eigenvalue weighted by molar-refractivity contribution is -0.385. The van der Waals surface area contributed by atoms with E-state index in [0.717, 1.165) is 0 Å². The van der Waals surface area contributed by atoms with Gasteiger partial charge in [0.1, 0.15) is 13.2 Å². The lowest BCUT2D eigenvalue weighted by Crippen LogP contribution is -2.15. The molecule has 0 bridgehead atoms. The second kappa shape index (κ2) is 5.36. The van der Waals surface area contributed by atoms with Crippen LogP contribution < -0.4 is 9.47 Å². The molecule has 0 saturated heterocycles. The first kappa shape index (κ1) is 13.9. The Kier molecular flexibility index (Phi) is 3.38. The van der Waals surface area contributed by atoms with Crippen LogP contribution in [0.1, 0.15) is 10.4 Å². The molecule has 2 aromatic carbocycles. The van der Waals surface area contributed by atoms with Crippen LogP contribution in [0.2, 0.25) is 0 Å². The first-order valence-corrected chi connectivity index (χ1v) is 6.47. The molecule has 0 saturated carbocycles. The van der Waals surface area contributed by atoms with Crippen LogP contribution in [0, 0.1) is 10.1 Å². The molecule has 0 radical (unpaired) electrons. The number of ether oxygens (including phenoxy) is 2. The third-order valence-electron chi connectivity index (χ3n) is 3.32. The minimum absolute atomic E-state index is 0.140. The zero-order valence-electron chi connectivity index (χ0n) is 11.3. The maximum atomic E-state index is 11.0. The van der Waals surface area contributed by atoms with E-state index in [2.05, 4.69) is 0 Å². The van der Waals surface area contributed by atoms with Gasteiger partial charge in [-0.25, -0.2) is 0 Å². The number of carbonyl (C=O) groups is 1. The van der Waals surface area contributed by atoms with E-state index in [0.29, 0.717) is 42.1 Å². The minimum atomic E-state index is -0.732. The van der Waals surface area contributed by atoms with Gasteiger partial charge < -0.3 is 14.6 Å². The Labute approximate surface area is 124 Å². The Hall–Kier alpha value is -3.09. The molecule has 0 aliphatic carbocycles. The quantitative estimate of drug-likeness (QED) is 0.531. The van der Waals surface area contributed by atoms with Crippen molar-refractivity contribution < 1.29 is 24.3 Å². The van der Waals surface area contributed by atoms with E-state index in [1.807, 2.05) is 0 Å². The Bertz CT molecular complexity index is 771. The molecule has 2 aromatic rings. The SMILES string of the molecule is O=Cc1cc(-c2ccc3c(c2)OCCO3)cc([N+](=O)[O-])c1O. The van der Waals surface area contributed by atoms with E-state index in [-0.39, 0.29) is 5.56 Å². The van der Waals surface area contributed by atoms with E-state index in [9.17, 15) is 20.0 Å². The molecule has 1 aliphatic rings. The summed E-state index contributed by atoms with van der Waals surface area (Å²) in [6, 6.07) is 7.69. The second-order valence-corrected chi connectivity index (χ2v) is 4.67. The van der Waals surface area contributed by atoms with Gasteiger partial charge in [0, 0.05) is 6.07 Å². The smallest absolute Gasteiger partial charge is 0.312 e. The molecular formula is C15H11NO6. The molecular weight excluding hydrogens is 290 g/mol. The van der Waals surface area contributed by atoms with Gasteiger partial charge in [-0.05, 0) is 29.3 Å². The van der Waals surface area contributed by atoms with Gasteiger partial charge in [-0.3, -0.25) is 14.9 Å². The Morgan fingerprint density at radius 3 is 2.50 bits per heavy atom. The number of phenols is 1. The molecule has 0 spiro atoms. The van der Waals surface area contributed by atoms with Gasteiger partial charge in [0.25, 0.3) is 0 Å². The average molecular weight is 301 g/mol. The maximum absolute atomic E-state index is 11.0.